The third-order valence-corrected chi connectivity index (χ3v) is 5.68. The molecule has 0 saturated heterocycles. The van der Waals surface area contributed by atoms with Crippen LogP contribution in [0.4, 0.5) is 10.5 Å². The molecule has 0 atom stereocenters. The van der Waals surface area contributed by atoms with Gasteiger partial charge in [-0.25, -0.2) is 13.2 Å². The van der Waals surface area contributed by atoms with Gasteiger partial charge in [0.2, 0.25) is 0 Å². The second-order valence-electron chi connectivity index (χ2n) is 7.04. The minimum Gasteiger partial charge on any atom is -0.334 e. The van der Waals surface area contributed by atoms with Gasteiger partial charge in [-0.1, -0.05) is 23.4 Å². The molecular formula is C20H20N4O4S. The number of benzene rings is 2. The summed E-state index contributed by atoms with van der Waals surface area (Å²) in [6, 6.07) is 13.2. The van der Waals surface area contributed by atoms with Gasteiger partial charge >= 0.3 is 6.03 Å². The molecule has 150 valence electrons. The third-order valence-electron chi connectivity index (χ3n) is 4.56. The number of anilines is 1. The zero-order valence-corrected chi connectivity index (χ0v) is 16.6. The number of carbonyl (C=O) groups is 1. The summed E-state index contributed by atoms with van der Waals surface area (Å²) in [5.41, 5.74) is 2.12. The van der Waals surface area contributed by atoms with Crippen LogP contribution in [0, 0.1) is 0 Å². The molecule has 1 aliphatic carbocycles. The summed E-state index contributed by atoms with van der Waals surface area (Å²) < 4.78 is 28.3. The molecule has 1 aliphatic rings. The third kappa shape index (κ3) is 4.80. The second kappa shape index (κ2) is 7.67. The minimum absolute atomic E-state index is 0.244. The van der Waals surface area contributed by atoms with Crippen molar-refractivity contribution in [3.63, 3.8) is 0 Å². The first-order valence-corrected chi connectivity index (χ1v) is 11.1. The molecule has 29 heavy (non-hydrogen) atoms. The Kier molecular flexibility index (Phi) is 5.06. The number of amides is 2. The molecule has 2 amide bonds. The first-order valence-electron chi connectivity index (χ1n) is 9.16. The van der Waals surface area contributed by atoms with Crippen molar-refractivity contribution in [2.24, 2.45) is 0 Å². The average Bonchev–Trinajstić information content (AvgIpc) is 3.43. The van der Waals surface area contributed by atoms with Crippen molar-refractivity contribution in [3.05, 3.63) is 59.9 Å². The quantitative estimate of drug-likeness (QED) is 0.642. The number of carbonyl (C=O) groups excluding carboxylic acids is 1. The summed E-state index contributed by atoms with van der Waals surface area (Å²) in [7, 11) is -3.24. The highest BCUT2D eigenvalue weighted by molar-refractivity contribution is 7.90. The molecule has 0 bridgehead atoms. The predicted octanol–water partition coefficient (Wildman–Crippen LogP) is 3.34. The lowest BCUT2D eigenvalue weighted by atomic mass is 10.2. The van der Waals surface area contributed by atoms with Gasteiger partial charge in [-0.2, -0.15) is 4.98 Å². The van der Waals surface area contributed by atoms with Crippen LogP contribution in [0.15, 0.2) is 57.9 Å². The molecule has 0 spiro atoms. The lowest BCUT2D eigenvalue weighted by Gasteiger charge is -2.09. The second-order valence-corrected chi connectivity index (χ2v) is 9.05. The number of hydrogen-bond donors (Lipinski definition) is 2. The van der Waals surface area contributed by atoms with Crippen molar-refractivity contribution in [1.29, 1.82) is 0 Å². The first-order chi connectivity index (χ1) is 13.9. The monoisotopic (exact) mass is 412 g/mol. The number of nitrogens with zero attached hydrogens (tertiary/aromatic N) is 2. The molecule has 8 nitrogen and oxygen atoms in total. The van der Waals surface area contributed by atoms with Crippen molar-refractivity contribution >= 4 is 21.6 Å². The topological polar surface area (TPSA) is 114 Å². The van der Waals surface area contributed by atoms with Gasteiger partial charge in [-0.3, -0.25) is 0 Å². The van der Waals surface area contributed by atoms with Crippen LogP contribution in [0.1, 0.15) is 30.1 Å². The van der Waals surface area contributed by atoms with E-state index in [9.17, 15) is 13.2 Å². The van der Waals surface area contributed by atoms with Crippen molar-refractivity contribution in [3.8, 4) is 11.5 Å². The van der Waals surface area contributed by atoms with Crippen LogP contribution in [0.5, 0.6) is 0 Å². The van der Waals surface area contributed by atoms with Crippen LogP contribution in [0.3, 0.4) is 0 Å². The van der Waals surface area contributed by atoms with E-state index < -0.39 is 9.84 Å². The van der Waals surface area contributed by atoms with Gasteiger partial charge < -0.3 is 15.2 Å². The van der Waals surface area contributed by atoms with Gasteiger partial charge in [0.05, 0.1) is 4.90 Å². The standard InChI is InChI=1S/C20H20N4O4S/c1-29(26,27)17-9-5-13(6-10-17)12-21-20(25)22-16-4-2-3-15(11-16)19-23-18(24-28-19)14-7-8-14/h2-6,9-11,14H,7-8,12H2,1H3,(H2,21,22,25). The molecular weight excluding hydrogens is 392 g/mol. The Labute approximate surface area is 168 Å². The van der Waals surface area contributed by atoms with E-state index in [-0.39, 0.29) is 17.5 Å². The van der Waals surface area contributed by atoms with Crippen molar-refractivity contribution in [1.82, 2.24) is 15.5 Å². The molecule has 2 N–H and O–H groups in total. The van der Waals surface area contributed by atoms with E-state index in [1.165, 1.54) is 12.1 Å². The Bertz CT molecular complexity index is 1140. The molecule has 1 aromatic heterocycles. The fourth-order valence-electron chi connectivity index (χ4n) is 2.80. The van der Waals surface area contributed by atoms with E-state index in [2.05, 4.69) is 20.8 Å². The predicted molar refractivity (Wildman–Crippen MR) is 107 cm³/mol. The van der Waals surface area contributed by atoms with E-state index in [0.29, 0.717) is 17.5 Å². The Morgan fingerprint density at radius 1 is 1.17 bits per heavy atom. The largest absolute Gasteiger partial charge is 0.334 e. The van der Waals surface area contributed by atoms with Gasteiger partial charge in [-0.05, 0) is 48.7 Å². The highest BCUT2D eigenvalue weighted by Gasteiger charge is 2.29. The van der Waals surface area contributed by atoms with Gasteiger partial charge in [0.25, 0.3) is 5.89 Å². The molecule has 4 rings (SSSR count). The van der Waals surface area contributed by atoms with E-state index in [1.54, 1.807) is 30.3 Å². The fraction of sp³-hybridized carbons (Fsp3) is 0.250. The summed E-state index contributed by atoms with van der Waals surface area (Å²) in [6.07, 6.45) is 3.35. The number of urea groups is 1. The van der Waals surface area contributed by atoms with Gasteiger partial charge in [0.1, 0.15) is 0 Å². The number of nitrogens with one attached hydrogen (secondary N) is 2. The van der Waals surface area contributed by atoms with Crippen LogP contribution in [-0.2, 0) is 16.4 Å². The van der Waals surface area contributed by atoms with Gasteiger partial charge in [0.15, 0.2) is 15.7 Å². The molecule has 1 saturated carbocycles. The van der Waals surface area contributed by atoms with E-state index in [4.69, 9.17) is 4.52 Å². The lowest BCUT2D eigenvalue weighted by Crippen LogP contribution is -2.28. The molecule has 3 aromatic rings. The zero-order valence-electron chi connectivity index (χ0n) is 15.8. The first kappa shape index (κ1) is 19.1. The van der Waals surface area contributed by atoms with Crippen LogP contribution >= 0.6 is 0 Å². The van der Waals surface area contributed by atoms with E-state index in [1.807, 2.05) is 6.07 Å². The van der Waals surface area contributed by atoms with E-state index in [0.717, 1.165) is 36.0 Å². The highest BCUT2D eigenvalue weighted by atomic mass is 32.2. The molecule has 0 radical (unpaired) electrons. The Hall–Kier alpha value is -3.20. The van der Waals surface area contributed by atoms with Crippen molar-refractivity contribution in [2.75, 3.05) is 11.6 Å². The van der Waals surface area contributed by atoms with Crippen LogP contribution < -0.4 is 10.6 Å². The number of hydrogen-bond acceptors (Lipinski definition) is 6. The number of rotatable bonds is 6. The fourth-order valence-corrected chi connectivity index (χ4v) is 3.43. The van der Waals surface area contributed by atoms with Gasteiger partial charge in [0, 0.05) is 30.0 Å². The van der Waals surface area contributed by atoms with Crippen LogP contribution in [0.2, 0.25) is 0 Å². The molecule has 1 heterocycles. The summed E-state index contributed by atoms with van der Waals surface area (Å²) in [6.45, 7) is 0.268. The molecule has 0 aliphatic heterocycles. The SMILES string of the molecule is CS(=O)(=O)c1ccc(CNC(=O)Nc2cccc(-c3nc(C4CC4)no3)c2)cc1. The smallest absolute Gasteiger partial charge is 0.319 e. The summed E-state index contributed by atoms with van der Waals surface area (Å²) in [4.78, 5) is 16.8. The van der Waals surface area contributed by atoms with Crippen LogP contribution in [0.25, 0.3) is 11.5 Å². The number of aromatic nitrogens is 2. The average molecular weight is 412 g/mol. The molecule has 0 unspecified atom stereocenters. The Balaban J connectivity index is 1.35. The number of sulfone groups is 1. The zero-order chi connectivity index (χ0) is 20.4. The summed E-state index contributed by atoms with van der Waals surface area (Å²) >= 11 is 0. The normalized spacial score (nSPS) is 13.8. The summed E-state index contributed by atoms with van der Waals surface area (Å²) in [5.74, 6) is 1.58. The lowest BCUT2D eigenvalue weighted by molar-refractivity contribution is 0.251. The maximum Gasteiger partial charge on any atom is 0.319 e. The molecule has 1 fully saturated rings. The summed E-state index contributed by atoms with van der Waals surface area (Å²) in [5, 5.41) is 9.51. The molecule has 2 aromatic carbocycles. The van der Waals surface area contributed by atoms with E-state index >= 15 is 0 Å². The highest BCUT2D eigenvalue weighted by Crippen LogP contribution is 2.39. The Morgan fingerprint density at radius 2 is 1.93 bits per heavy atom. The van der Waals surface area contributed by atoms with Crippen LogP contribution in [-0.4, -0.2) is 30.8 Å². The van der Waals surface area contributed by atoms with Crippen molar-refractivity contribution in [2.45, 2.75) is 30.2 Å². The minimum atomic E-state index is -3.24. The maximum absolute atomic E-state index is 12.2. The molecule has 9 heteroatoms. The van der Waals surface area contributed by atoms with Gasteiger partial charge in [-0.15, -0.1) is 0 Å². The Morgan fingerprint density at radius 3 is 2.62 bits per heavy atom. The maximum atomic E-state index is 12.2. The van der Waals surface area contributed by atoms with Crippen molar-refractivity contribution < 1.29 is 17.7 Å².